The summed E-state index contributed by atoms with van der Waals surface area (Å²) in [5.41, 5.74) is 0. The third kappa shape index (κ3) is 2.69. The van der Waals surface area contributed by atoms with Gasteiger partial charge >= 0.3 is 0 Å². The van der Waals surface area contributed by atoms with Crippen molar-refractivity contribution in [2.24, 2.45) is 0 Å². The molecule has 2 heterocycles. The maximum absolute atomic E-state index is 11.9. The van der Waals surface area contributed by atoms with Crippen LogP contribution >= 0.6 is 0 Å². The maximum atomic E-state index is 11.9. The molecule has 0 spiro atoms. The van der Waals surface area contributed by atoms with Gasteiger partial charge in [-0.3, -0.25) is 0 Å². The second-order valence-electron chi connectivity index (χ2n) is 4.05. The van der Waals surface area contributed by atoms with E-state index in [1.807, 2.05) is 0 Å². The molecule has 2 saturated heterocycles. The Morgan fingerprint density at radius 3 is 2.93 bits per heavy atom. The zero-order chi connectivity index (χ0) is 10.7. The van der Waals surface area contributed by atoms with Crippen LogP contribution in [0.1, 0.15) is 12.8 Å². The maximum Gasteiger partial charge on any atom is 0.215 e. The topological polar surface area (TPSA) is 58.6 Å². The van der Waals surface area contributed by atoms with Crippen molar-refractivity contribution >= 4 is 10.0 Å². The number of nitrogens with one attached hydrogen (secondary N) is 1. The highest BCUT2D eigenvalue weighted by atomic mass is 32.2. The van der Waals surface area contributed by atoms with Crippen molar-refractivity contribution in [3.63, 3.8) is 0 Å². The Kier molecular flexibility index (Phi) is 3.60. The van der Waals surface area contributed by atoms with Gasteiger partial charge in [0.05, 0.1) is 12.4 Å². The summed E-state index contributed by atoms with van der Waals surface area (Å²) in [6, 6.07) is 0.0589. The van der Waals surface area contributed by atoms with Crippen LogP contribution in [0.15, 0.2) is 0 Å². The minimum atomic E-state index is -3.07. The summed E-state index contributed by atoms with van der Waals surface area (Å²) in [7, 11) is -3.07. The molecular formula is C9H18N2O3S. The normalized spacial score (nSPS) is 33.5. The van der Waals surface area contributed by atoms with Gasteiger partial charge in [-0.25, -0.2) is 8.42 Å². The second kappa shape index (κ2) is 4.78. The van der Waals surface area contributed by atoms with Gasteiger partial charge in [-0.2, -0.15) is 4.31 Å². The Labute approximate surface area is 90.8 Å². The number of rotatable bonds is 1. The molecule has 0 aromatic heterocycles. The lowest BCUT2D eigenvalue weighted by molar-refractivity contribution is 0.0463. The highest BCUT2D eigenvalue weighted by Gasteiger charge is 2.32. The summed E-state index contributed by atoms with van der Waals surface area (Å²) >= 11 is 0. The molecule has 6 heteroatoms. The Bertz CT molecular complexity index is 298. The van der Waals surface area contributed by atoms with Crippen LogP contribution in [0, 0.1) is 0 Å². The van der Waals surface area contributed by atoms with Crippen molar-refractivity contribution in [3.8, 4) is 0 Å². The van der Waals surface area contributed by atoms with Gasteiger partial charge in [-0.05, 0) is 12.8 Å². The van der Waals surface area contributed by atoms with Crippen LogP contribution in [-0.2, 0) is 14.8 Å². The molecule has 5 nitrogen and oxygen atoms in total. The first-order valence-corrected chi connectivity index (χ1v) is 7.09. The lowest BCUT2D eigenvalue weighted by atomic mass is 10.1. The van der Waals surface area contributed by atoms with Crippen LogP contribution in [0.2, 0.25) is 0 Å². The minimum absolute atomic E-state index is 0.0589. The molecule has 0 amide bonds. The summed E-state index contributed by atoms with van der Waals surface area (Å²) in [5.74, 6) is 0.212. The lowest BCUT2D eigenvalue weighted by Gasteiger charge is -2.31. The average Bonchev–Trinajstić information content (AvgIpc) is 2.40. The molecule has 0 aromatic carbocycles. The van der Waals surface area contributed by atoms with Crippen molar-refractivity contribution in [1.29, 1.82) is 0 Å². The van der Waals surface area contributed by atoms with Crippen LogP contribution in [0.5, 0.6) is 0 Å². The van der Waals surface area contributed by atoms with Gasteiger partial charge in [0.2, 0.25) is 10.0 Å². The molecule has 0 bridgehead atoms. The number of hydrogen-bond acceptors (Lipinski definition) is 4. The minimum Gasteiger partial charge on any atom is -0.380 e. The number of sulfonamides is 1. The Hall–Kier alpha value is -0.170. The lowest BCUT2D eigenvalue weighted by Crippen LogP contribution is -2.46. The molecule has 1 N–H and O–H groups in total. The SMILES string of the molecule is O=S1(=O)CCNCCN1C1CCCOC1. The third-order valence-electron chi connectivity index (χ3n) is 2.95. The Morgan fingerprint density at radius 2 is 2.20 bits per heavy atom. The van der Waals surface area contributed by atoms with Crippen molar-refractivity contribution < 1.29 is 13.2 Å². The van der Waals surface area contributed by atoms with Crippen molar-refractivity contribution in [3.05, 3.63) is 0 Å². The van der Waals surface area contributed by atoms with Crippen molar-refractivity contribution in [2.45, 2.75) is 18.9 Å². The largest absolute Gasteiger partial charge is 0.380 e. The smallest absolute Gasteiger partial charge is 0.215 e. The Balaban J connectivity index is 2.09. The van der Waals surface area contributed by atoms with Crippen LogP contribution < -0.4 is 5.32 Å². The molecule has 0 saturated carbocycles. The fourth-order valence-corrected chi connectivity index (χ4v) is 3.76. The summed E-state index contributed by atoms with van der Waals surface area (Å²) in [5, 5.41) is 3.11. The van der Waals surface area contributed by atoms with E-state index in [9.17, 15) is 8.42 Å². The molecule has 0 aliphatic carbocycles. The molecule has 1 unspecified atom stereocenters. The highest BCUT2D eigenvalue weighted by molar-refractivity contribution is 7.89. The standard InChI is InChI=1S/C9H18N2O3S/c12-15(13)7-4-10-3-5-11(15)9-2-1-6-14-8-9/h9-10H,1-8H2. The summed E-state index contributed by atoms with van der Waals surface area (Å²) in [6.45, 7) is 3.21. The van der Waals surface area contributed by atoms with E-state index >= 15 is 0 Å². The zero-order valence-corrected chi connectivity index (χ0v) is 9.63. The first kappa shape index (κ1) is 11.3. The van der Waals surface area contributed by atoms with Gasteiger partial charge in [-0.1, -0.05) is 0 Å². The van der Waals surface area contributed by atoms with E-state index in [2.05, 4.69) is 5.32 Å². The summed E-state index contributed by atoms with van der Waals surface area (Å²) < 4.78 is 30.8. The molecule has 2 fully saturated rings. The van der Waals surface area contributed by atoms with Crippen molar-refractivity contribution in [2.75, 3.05) is 38.6 Å². The predicted molar refractivity (Wildman–Crippen MR) is 57.2 cm³/mol. The van der Waals surface area contributed by atoms with Crippen LogP contribution in [0.4, 0.5) is 0 Å². The van der Waals surface area contributed by atoms with Crippen LogP contribution in [0.3, 0.4) is 0 Å². The van der Waals surface area contributed by atoms with E-state index in [1.54, 1.807) is 4.31 Å². The van der Waals surface area contributed by atoms with E-state index in [1.165, 1.54) is 0 Å². The molecular weight excluding hydrogens is 216 g/mol. The molecule has 0 aromatic rings. The number of hydrogen-bond donors (Lipinski definition) is 1. The molecule has 2 aliphatic rings. The molecule has 0 radical (unpaired) electrons. The van der Waals surface area contributed by atoms with Gasteiger partial charge in [-0.15, -0.1) is 0 Å². The zero-order valence-electron chi connectivity index (χ0n) is 8.81. The third-order valence-corrected chi connectivity index (χ3v) is 4.86. The van der Waals surface area contributed by atoms with E-state index in [-0.39, 0.29) is 11.8 Å². The average molecular weight is 234 g/mol. The highest BCUT2D eigenvalue weighted by Crippen LogP contribution is 2.17. The van der Waals surface area contributed by atoms with Gasteiger partial charge in [0.15, 0.2) is 0 Å². The van der Waals surface area contributed by atoms with E-state index in [4.69, 9.17) is 4.74 Å². The van der Waals surface area contributed by atoms with E-state index < -0.39 is 10.0 Å². The van der Waals surface area contributed by atoms with Gasteiger partial charge in [0.1, 0.15) is 0 Å². The van der Waals surface area contributed by atoms with E-state index in [0.29, 0.717) is 19.7 Å². The predicted octanol–water partition coefficient (Wildman–Crippen LogP) is -0.600. The fraction of sp³-hybridized carbons (Fsp3) is 1.00. The fourth-order valence-electron chi connectivity index (χ4n) is 2.13. The second-order valence-corrected chi connectivity index (χ2v) is 6.09. The summed E-state index contributed by atoms with van der Waals surface area (Å²) in [6.07, 6.45) is 1.89. The number of nitrogens with zero attached hydrogens (tertiary/aromatic N) is 1. The van der Waals surface area contributed by atoms with Gasteiger partial charge < -0.3 is 10.1 Å². The summed E-state index contributed by atoms with van der Waals surface area (Å²) in [4.78, 5) is 0. The first-order valence-electron chi connectivity index (χ1n) is 5.48. The van der Waals surface area contributed by atoms with E-state index in [0.717, 1.165) is 26.0 Å². The molecule has 15 heavy (non-hydrogen) atoms. The van der Waals surface area contributed by atoms with Crippen LogP contribution in [0.25, 0.3) is 0 Å². The van der Waals surface area contributed by atoms with Crippen molar-refractivity contribution in [1.82, 2.24) is 9.62 Å². The first-order chi connectivity index (χ1) is 7.20. The molecule has 88 valence electrons. The monoisotopic (exact) mass is 234 g/mol. The molecule has 1 atom stereocenters. The van der Waals surface area contributed by atoms with Gasteiger partial charge in [0.25, 0.3) is 0 Å². The molecule has 2 rings (SSSR count). The Morgan fingerprint density at radius 1 is 1.33 bits per heavy atom. The number of ether oxygens (including phenoxy) is 1. The molecule has 2 aliphatic heterocycles. The van der Waals surface area contributed by atoms with Gasteiger partial charge in [0, 0.05) is 32.3 Å². The quantitative estimate of drug-likeness (QED) is 0.658. The van der Waals surface area contributed by atoms with Crippen LogP contribution in [-0.4, -0.2) is 57.4 Å².